The van der Waals surface area contributed by atoms with Crippen LogP contribution in [0.1, 0.15) is 62.5 Å². The molecule has 2 atom stereocenters. The fraction of sp³-hybridized carbons (Fsp3) is 0.469. The first-order valence-electron chi connectivity index (χ1n) is 14.4. The number of Topliss-reactive ketones (excluding diaryl/α,β-unsaturated/α-hetero) is 1. The molecule has 2 aromatic rings. The molecule has 0 amide bonds. The van der Waals surface area contributed by atoms with E-state index in [1.54, 1.807) is 30.3 Å². The van der Waals surface area contributed by atoms with Gasteiger partial charge in [-0.05, 0) is 98.4 Å². The lowest BCUT2D eigenvalue weighted by Crippen LogP contribution is -2.31. The number of carbonyl (C=O) groups is 1. The number of ether oxygens (including phenoxy) is 2. The molecule has 0 aromatic heterocycles. The van der Waals surface area contributed by atoms with E-state index in [4.69, 9.17) is 15.2 Å². The highest BCUT2D eigenvalue weighted by Gasteiger charge is 2.28. The summed E-state index contributed by atoms with van der Waals surface area (Å²) in [5.41, 5.74) is 8.38. The van der Waals surface area contributed by atoms with Crippen LogP contribution in [0.25, 0.3) is 0 Å². The van der Waals surface area contributed by atoms with Gasteiger partial charge in [0, 0.05) is 18.9 Å². The molecule has 2 aliphatic rings. The number of allylic oxidation sites excluding steroid dienone is 2. The lowest BCUT2D eigenvalue weighted by Gasteiger charge is -2.25. The van der Waals surface area contributed by atoms with Crippen molar-refractivity contribution in [3.8, 4) is 28.7 Å². The molecule has 4 rings (SSSR count). The van der Waals surface area contributed by atoms with Crippen molar-refractivity contribution in [3.63, 3.8) is 0 Å². The highest BCUT2D eigenvalue weighted by molar-refractivity contribution is 5.82. The van der Waals surface area contributed by atoms with Crippen LogP contribution in [-0.4, -0.2) is 52.1 Å². The van der Waals surface area contributed by atoms with Crippen LogP contribution in [0.2, 0.25) is 0 Å². The summed E-state index contributed by atoms with van der Waals surface area (Å²) in [6, 6.07) is 8.19. The van der Waals surface area contributed by atoms with Crippen LogP contribution in [0.5, 0.6) is 28.7 Å². The van der Waals surface area contributed by atoms with E-state index in [9.17, 15) is 25.2 Å². The molecule has 9 nitrogen and oxygen atoms in total. The Morgan fingerprint density at radius 2 is 1.78 bits per heavy atom. The van der Waals surface area contributed by atoms with Crippen molar-refractivity contribution < 1.29 is 34.7 Å². The molecule has 1 aliphatic heterocycles. The van der Waals surface area contributed by atoms with Gasteiger partial charge in [-0.3, -0.25) is 4.79 Å². The number of aromatic hydroxyl groups is 3. The predicted octanol–water partition coefficient (Wildman–Crippen LogP) is 4.35. The third-order valence-corrected chi connectivity index (χ3v) is 7.94. The summed E-state index contributed by atoms with van der Waals surface area (Å²) in [5, 5.41) is 44.8. The van der Waals surface area contributed by atoms with Gasteiger partial charge in [-0.15, -0.1) is 0 Å². The van der Waals surface area contributed by atoms with E-state index >= 15 is 0 Å². The Kier molecular flexibility index (Phi) is 10.4. The predicted molar refractivity (Wildman–Crippen MR) is 156 cm³/mol. The monoisotopic (exact) mass is 566 g/mol. The number of aryl methyl sites for hydroxylation is 2. The molecule has 1 fully saturated rings. The lowest BCUT2D eigenvalue weighted by atomic mass is 9.84. The zero-order valence-electron chi connectivity index (χ0n) is 23.6. The van der Waals surface area contributed by atoms with Gasteiger partial charge in [0.2, 0.25) is 5.75 Å². The van der Waals surface area contributed by atoms with Gasteiger partial charge in [-0.1, -0.05) is 18.6 Å². The van der Waals surface area contributed by atoms with Gasteiger partial charge >= 0.3 is 0 Å². The molecule has 1 aliphatic carbocycles. The number of carbonyl (C=O) groups excluding carboxylic acids is 1. The first kappa shape index (κ1) is 30.1. The van der Waals surface area contributed by atoms with Crippen molar-refractivity contribution >= 4 is 5.78 Å². The van der Waals surface area contributed by atoms with Crippen LogP contribution in [-0.2, 0) is 17.6 Å². The van der Waals surface area contributed by atoms with Gasteiger partial charge in [-0.25, -0.2) is 0 Å². The Morgan fingerprint density at radius 1 is 1.02 bits per heavy atom. The second-order valence-electron chi connectivity index (χ2n) is 11.0. The Morgan fingerprint density at radius 3 is 2.51 bits per heavy atom. The van der Waals surface area contributed by atoms with Crippen LogP contribution in [0.4, 0.5) is 0 Å². The number of hydrogen-bond acceptors (Lipinski definition) is 9. The van der Waals surface area contributed by atoms with Crippen molar-refractivity contribution in [1.82, 2.24) is 5.32 Å². The molecule has 41 heavy (non-hydrogen) atoms. The van der Waals surface area contributed by atoms with Crippen LogP contribution in [0, 0.1) is 5.92 Å². The Balaban J connectivity index is 1.45. The van der Waals surface area contributed by atoms with Crippen molar-refractivity contribution in [1.29, 1.82) is 0 Å². The van der Waals surface area contributed by atoms with E-state index in [1.807, 2.05) is 6.08 Å². The van der Waals surface area contributed by atoms with Crippen LogP contribution in [0.3, 0.4) is 0 Å². The minimum absolute atomic E-state index is 0.00208. The molecular weight excluding hydrogens is 524 g/mol. The van der Waals surface area contributed by atoms with Crippen molar-refractivity contribution in [3.05, 3.63) is 65.0 Å². The molecule has 0 spiro atoms. The molecule has 0 bridgehead atoms. The van der Waals surface area contributed by atoms with E-state index in [-0.39, 0.29) is 41.3 Å². The summed E-state index contributed by atoms with van der Waals surface area (Å²) in [6.07, 6.45) is 9.61. The van der Waals surface area contributed by atoms with Gasteiger partial charge in [0.25, 0.3) is 0 Å². The Hall–Kier alpha value is -3.85. The molecule has 7 N–H and O–H groups in total. The van der Waals surface area contributed by atoms with Gasteiger partial charge < -0.3 is 41.0 Å². The van der Waals surface area contributed by atoms with Gasteiger partial charge in [0.05, 0.1) is 25.1 Å². The standard InChI is InChI=1S/C32H42N2O7/c1-40-29-17-20(8-12-27(29)37)7-10-25(35)24(15-22-13-14-34-31(33)19-22)26(36)11-9-21-16-28(38)32(39)30(18-21)41-23-5-3-2-4-6-23/h8,12-13,16-19,23-25,34-35,37-39H,2-7,9-11,14-15,33H2,1H3/t24-,25-/m1/s1. The number of rotatable bonds is 13. The summed E-state index contributed by atoms with van der Waals surface area (Å²) >= 11 is 0. The van der Waals surface area contributed by atoms with E-state index < -0.39 is 12.0 Å². The minimum atomic E-state index is -0.911. The number of phenolic OH excluding ortho intramolecular Hbond substituents is 3. The number of aliphatic hydroxyl groups excluding tert-OH is 1. The smallest absolute Gasteiger partial charge is 0.200 e. The van der Waals surface area contributed by atoms with Gasteiger partial charge in [0.1, 0.15) is 5.78 Å². The maximum absolute atomic E-state index is 13.6. The number of nitrogens with two attached hydrogens (primary N) is 1. The number of dihydropyridines is 1. The van der Waals surface area contributed by atoms with E-state index in [0.717, 1.165) is 36.8 Å². The summed E-state index contributed by atoms with van der Waals surface area (Å²) in [5.74, 6) is -0.173. The van der Waals surface area contributed by atoms with Crippen LogP contribution >= 0.6 is 0 Å². The molecule has 0 saturated heterocycles. The fourth-order valence-electron chi connectivity index (χ4n) is 5.56. The number of nitrogens with one attached hydrogen (secondary N) is 1. The molecular formula is C32H42N2O7. The third kappa shape index (κ3) is 8.33. The number of phenols is 3. The topological polar surface area (TPSA) is 154 Å². The zero-order valence-corrected chi connectivity index (χ0v) is 23.6. The first-order chi connectivity index (χ1) is 19.7. The molecule has 2 aromatic carbocycles. The SMILES string of the molecule is COc1cc(CC[C@@H](O)[C@@H](CC2=CCNC(N)=C2)C(=O)CCc2cc(O)c(O)c(OC3CCCCC3)c2)ccc1O. The normalized spacial score (nSPS) is 17.1. The van der Waals surface area contributed by atoms with Crippen molar-refractivity contribution in [2.45, 2.75) is 76.4 Å². The third-order valence-electron chi connectivity index (χ3n) is 7.94. The minimum Gasteiger partial charge on any atom is -0.504 e. The van der Waals surface area contributed by atoms with Crippen LogP contribution in [0.15, 0.2) is 53.9 Å². The van der Waals surface area contributed by atoms with Crippen LogP contribution < -0.4 is 20.5 Å². The lowest BCUT2D eigenvalue weighted by molar-refractivity contribution is -0.126. The molecule has 1 saturated carbocycles. The number of ketones is 1. The molecule has 1 heterocycles. The van der Waals surface area contributed by atoms with Crippen molar-refractivity contribution in [2.24, 2.45) is 11.7 Å². The van der Waals surface area contributed by atoms with Gasteiger partial charge in [0.15, 0.2) is 23.0 Å². The average molecular weight is 567 g/mol. The number of aliphatic hydroxyl groups is 1. The summed E-state index contributed by atoms with van der Waals surface area (Å²) in [6.45, 7) is 0.554. The van der Waals surface area contributed by atoms with E-state index in [0.29, 0.717) is 49.4 Å². The van der Waals surface area contributed by atoms with Gasteiger partial charge in [-0.2, -0.15) is 0 Å². The number of methoxy groups -OCH3 is 1. The number of hydrogen-bond donors (Lipinski definition) is 6. The highest BCUT2D eigenvalue weighted by atomic mass is 16.5. The first-order valence-corrected chi connectivity index (χ1v) is 14.4. The summed E-state index contributed by atoms with van der Waals surface area (Å²) < 4.78 is 11.2. The summed E-state index contributed by atoms with van der Waals surface area (Å²) in [4.78, 5) is 13.6. The molecule has 222 valence electrons. The maximum atomic E-state index is 13.6. The fourth-order valence-corrected chi connectivity index (χ4v) is 5.56. The maximum Gasteiger partial charge on any atom is 0.200 e. The zero-order chi connectivity index (χ0) is 29.4. The second kappa shape index (κ2) is 14.2. The highest BCUT2D eigenvalue weighted by Crippen LogP contribution is 2.39. The molecule has 0 unspecified atom stereocenters. The van der Waals surface area contributed by atoms with Crippen molar-refractivity contribution in [2.75, 3.05) is 13.7 Å². The average Bonchev–Trinajstić information content (AvgIpc) is 2.97. The largest absolute Gasteiger partial charge is 0.504 e. The molecule has 9 heteroatoms. The van der Waals surface area contributed by atoms with E-state index in [2.05, 4.69) is 5.32 Å². The quantitative estimate of drug-likeness (QED) is 0.194. The van der Waals surface area contributed by atoms with E-state index in [1.165, 1.54) is 19.6 Å². The second-order valence-corrected chi connectivity index (χ2v) is 11.0. The Labute approximate surface area is 241 Å². The summed E-state index contributed by atoms with van der Waals surface area (Å²) in [7, 11) is 1.48. The molecule has 0 radical (unpaired) electrons. The number of benzene rings is 2. The Bertz CT molecular complexity index is 1270.